The summed E-state index contributed by atoms with van der Waals surface area (Å²) in [6.07, 6.45) is 2.24. The van der Waals surface area contributed by atoms with Gasteiger partial charge in [-0.25, -0.2) is 4.68 Å². The van der Waals surface area contributed by atoms with E-state index in [0.717, 1.165) is 56.1 Å². The lowest BCUT2D eigenvalue weighted by atomic mass is 10.1. The normalized spacial score (nSPS) is 17.9. The minimum atomic E-state index is -0.0891. The maximum atomic E-state index is 12.5. The number of amides is 1. The minimum absolute atomic E-state index is 0.0891. The maximum absolute atomic E-state index is 12.5. The highest BCUT2D eigenvalue weighted by atomic mass is 32.1. The van der Waals surface area contributed by atoms with Crippen LogP contribution in [0.4, 0.5) is 0 Å². The Bertz CT molecular complexity index is 1230. The molecule has 2 fully saturated rings. The van der Waals surface area contributed by atoms with E-state index >= 15 is 0 Å². The monoisotopic (exact) mass is 490 g/mol. The SMILES string of the molecule is Cc1ccc(-c2nn(CN3CCN([C@H](C)C(=O)NC4CC4)CC3)c(=S)n2-c2ccc(C)cc2)cc1. The number of piperazine rings is 1. The predicted octanol–water partition coefficient (Wildman–Crippen LogP) is 3.93. The highest BCUT2D eigenvalue weighted by Crippen LogP contribution is 2.24. The second kappa shape index (κ2) is 10.0. The number of carbonyl (C=O) groups excluding carboxylic acids is 1. The fourth-order valence-electron chi connectivity index (χ4n) is 4.51. The Balaban J connectivity index is 1.34. The van der Waals surface area contributed by atoms with Gasteiger partial charge in [0.15, 0.2) is 5.82 Å². The van der Waals surface area contributed by atoms with Crippen molar-refractivity contribution in [1.82, 2.24) is 29.5 Å². The molecule has 1 saturated heterocycles. The number of carbonyl (C=O) groups is 1. The van der Waals surface area contributed by atoms with Crippen molar-refractivity contribution < 1.29 is 4.79 Å². The number of hydrogen-bond acceptors (Lipinski definition) is 5. The van der Waals surface area contributed by atoms with Gasteiger partial charge in [-0.05, 0) is 58.0 Å². The Morgan fingerprint density at radius 3 is 2.20 bits per heavy atom. The first-order valence-corrected chi connectivity index (χ1v) is 12.9. The van der Waals surface area contributed by atoms with Gasteiger partial charge in [0.2, 0.25) is 10.7 Å². The lowest BCUT2D eigenvalue weighted by molar-refractivity contribution is -0.126. The predicted molar refractivity (Wildman–Crippen MR) is 141 cm³/mol. The second-order valence-electron chi connectivity index (χ2n) is 9.90. The molecule has 0 spiro atoms. The Labute approximate surface area is 212 Å². The van der Waals surface area contributed by atoms with Crippen molar-refractivity contribution in [3.05, 3.63) is 64.4 Å². The molecular formula is C27H34N6OS. The van der Waals surface area contributed by atoms with Crippen LogP contribution in [0.3, 0.4) is 0 Å². The van der Waals surface area contributed by atoms with Crippen LogP contribution in [0.15, 0.2) is 48.5 Å². The molecule has 184 valence electrons. The second-order valence-corrected chi connectivity index (χ2v) is 10.3. The fraction of sp³-hybridized carbons (Fsp3) is 0.444. The maximum Gasteiger partial charge on any atom is 0.237 e. The van der Waals surface area contributed by atoms with Crippen LogP contribution >= 0.6 is 12.2 Å². The van der Waals surface area contributed by atoms with Crippen LogP contribution < -0.4 is 5.32 Å². The van der Waals surface area contributed by atoms with Crippen molar-refractivity contribution in [3.63, 3.8) is 0 Å². The summed E-state index contributed by atoms with van der Waals surface area (Å²) in [4.78, 5) is 17.1. The number of aromatic nitrogens is 3. The van der Waals surface area contributed by atoms with Crippen molar-refractivity contribution in [2.24, 2.45) is 0 Å². The van der Waals surface area contributed by atoms with Gasteiger partial charge < -0.3 is 5.32 Å². The first-order chi connectivity index (χ1) is 16.9. The van der Waals surface area contributed by atoms with Crippen molar-refractivity contribution in [2.45, 2.75) is 52.4 Å². The first-order valence-electron chi connectivity index (χ1n) is 12.5. The van der Waals surface area contributed by atoms with Crippen molar-refractivity contribution >= 4 is 18.1 Å². The smallest absolute Gasteiger partial charge is 0.237 e. The zero-order chi connectivity index (χ0) is 24.5. The van der Waals surface area contributed by atoms with E-state index in [1.807, 2.05) is 11.6 Å². The Morgan fingerprint density at radius 2 is 1.60 bits per heavy atom. The molecule has 1 aliphatic carbocycles. The molecule has 2 aliphatic rings. The number of rotatable bonds is 7. The quantitative estimate of drug-likeness (QED) is 0.509. The molecule has 0 unspecified atom stereocenters. The van der Waals surface area contributed by atoms with E-state index in [1.54, 1.807) is 0 Å². The van der Waals surface area contributed by atoms with Gasteiger partial charge in [-0.15, -0.1) is 5.10 Å². The van der Waals surface area contributed by atoms with Crippen LogP contribution in [0.1, 0.15) is 30.9 Å². The average Bonchev–Trinajstić information content (AvgIpc) is 3.62. The lowest BCUT2D eigenvalue weighted by Gasteiger charge is -2.37. The zero-order valence-corrected chi connectivity index (χ0v) is 21.6. The Hall–Kier alpha value is -2.81. The molecule has 1 aliphatic heterocycles. The molecule has 7 nitrogen and oxygen atoms in total. The summed E-state index contributed by atoms with van der Waals surface area (Å²) in [6.45, 7) is 10.3. The van der Waals surface area contributed by atoms with Gasteiger partial charge in [0.25, 0.3) is 0 Å². The van der Waals surface area contributed by atoms with E-state index in [4.69, 9.17) is 17.3 Å². The third kappa shape index (κ3) is 5.39. The van der Waals surface area contributed by atoms with Gasteiger partial charge in [-0.3, -0.25) is 19.2 Å². The zero-order valence-electron chi connectivity index (χ0n) is 20.8. The summed E-state index contributed by atoms with van der Waals surface area (Å²) in [7, 11) is 0. The first kappa shape index (κ1) is 23.9. The summed E-state index contributed by atoms with van der Waals surface area (Å²) in [5.74, 6) is 1.01. The van der Waals surface area contributed by atoms with E-state index < -0.39 is 0 Å². The number of nitrogens with one attached hydrogen (secondary N) is 1. The van der Waals surface area contributed by atoms with Crippen LogP contribution in [0.2, 0.25) is 0 Å². The molecule has 2 heterocycles. The lowest BCUT2D eigenvalue weighted by Crippen LogP contribution is -2.54. The van der Waals surface area contributed by atoms with E-state index in [9.17, 15) is 4.79 Å². The third-order valence-electron chi connectivity index (χ3n) is 7.03. The number of hydrogen-bond donors (Lipinski definition) is 1. The van der Waals surface area contributed by atoms with Gasteiger partial charge in [0, 0.05) is 43.5 Å². The van der Waals surface area contributed by atoms with Gasteiger partial charge in [0.05, 0.1) is 12.7 Å². The van der Waals surface area contributed by atoms with E-state index in [-0.39, 0.29) is 11.9 Å². The summed E-state index contributed by atoms with van der Waals surface area (Å²) in [5.41, 5.74) is 4.48. The molecule has 1 aromatic heterocycles. The molecule has 5 rings (SSSR count). The fourth-order valence-corrected chi connectivity index (χ4v) is 4.80. The highest BCUT2D eigenvalue weighted by molar-refractivity contribution is 7.71. The highest BCUT2D eigenvalue weighted by Gasteiger charge is 2.30. The topological polar surface area (TPSA) is 58.3 Å². The minimum Gasteiger partial charge on any atom is -0.352 e. The van der Waals surface area contributed by atoms with E-state index in [2.05, 4.69) is 82.1 Å². The number of benzene rings is 2. The average molecular weight is 491 g/mol. The Kier molecular flexibility index (Phi) is 6.86. The largest absolute Gasteiger partial charge is 0.352 e. The molecule has 3 aromatic rings. The molecular weight excluding hydrogens is 456 g/mol. The molecule has 8 heteroatoms. The van der Waals surface area contributed by atoms with Crippen molar-refractivity contribution in [1.29, 1.82) is 0 Å². The molecule has 1 amide bonds. The molecule has 2 aromatic carbocycles. The Morgan fingerprint density at radius 1 is 1.00 bits per heavy atom. The molecule has 35 heavy (non-hydrogen) atoms. The third-order valence-corrected chi connectivity index (χ3v) is 7.43. The molecule has 1 N–H and O–H groups in total. The van der Waals surface area contributed by atoms with Crippen LogP contribution in [0.25, 0.3) is 17.1 Å². The van der Waals surface area contributed by atoms with Gasteiger partial charge in [-0.1, -0.05) is 47.5 Å². The van der Waals surface area contributed by atoms with Crippen molar-refractivity contribution in [3.8, 4) is 17.1 Å². The van der Waals surface area contributed by atoms with E-state index in [0.29, 0.717) is 17.5 Å². The summed E-state index contributed by atoms with van der Waals surface area (Å²) in [5, 5.41) is 8.11. The number of nitrogens with zero attached hydrogens (tertiary/aromatic N) is 5. The standard InChI is InChI=1S/C27H34N6OS/c1-19-4-8-22(9-5-19)25-29-32(27(35)33(25)24-12-6-20(2)7-13-24)18-30-14-16-31(17-15-30)21(3)26(34)28-23-10-11-23/h4-9,12-13,21,23H,10-11,14-18H2,1-3H3,(H,28,34)/t21-/m1/s1. The molecule has 1 saturated carbocycles. The van der Waals surface area contributed by atoms with Gasteiger partial charge in [0.1, 0.15) is 0 Å². The number of aryl methyl sites for hydroxylation is 2. The van der Waals surface area contributed by atoms with Crippen LogP contribution in [-0.2, 0) is 11.5 Å². The van der Waals surface area contributed by atoms with Crippen LogP contribution in [0.5, 0.6) is 0 Å². The van der Waals surface area contributed by atoms with Crippen LogP contribution in [0, 0.1) is 18.6 Å². The van der Waals surface area contributed by atoms with Gasteiger partial charge in [-0.2, -0.15) is 0 Å². The molecule has 0 bridgehead atoms. The van der Waals surface area contributed by atoms with E-state index in [1.165, 1.54) is 11.1 Å². The molecule has 0 radical (unpaired) electrons. The summed E-state index contributed by atoms with van der Waals surface area (Å²) < 4.78 is 4.69. The van der Waals surface area contributed by atoms with Gasteiger partial charge >= 0.3 is 0 Å². The summed E-state index contributed by atoms with van der Waals surface area (Å²) >= 11 is 5.94. The molecule has 1 atom stereocenters. The van der Waals surface area contributed by atoms with Crippen molar-refractivity contribution in [2.75, 3.05) is 26.2 Å². The van der Waals surface area contributed by atoms with Crippen LogP contribution in [-0.4, -0.2) is 68.3 Å². The summed E-state index contributed by atoms with van der Waals surface area (Å²) in [6, 6.07) is 17.1.